The largest absolute Gasteiger partial charge is 0.466 e. The van der Waals surface area contributed by atoms with Crippen LogP contribution in [0.25, 0.3) is 0 Å². The Labute approximate surface area is 67.3 Å². The zero-order chi connectivity index (χ0) is 8.85. The van der Waals surface area contributed by atoms with Crippen LogP contribution in [0.4, 0.5) is 0 Å². The molecule has 0 aliphatic carbocycles. The fourth-order valence-corrected chi connectivity index (χ4v) is 0.572. The van der Waals surface area contributed by atoms with Crippen molar-refractivity contribution >= 4 is 11.7 Å². The van der Waals surface area contributed by atoms with Crippen LogP contribution in [0.3, 0.4) is 0 Å². The normalized spacial score (nSPS) is 9.82. The van der Waals surface area contributed by atoms with Crippen LogP contribution in [0.2, 0.25) is 0 Å². The molecule has 3 nitrogen and oxygen atoms in total. The van der Waals surface area contributed by atoms with Crippen molar-refractivity contribution in [3.05, 3.63) is 0 Å². The van der Waals surface area contributed by atoms with Gasteiger partial charge in [0.15, 0.2) is 0 Å². The molecule has 0 aliphatic rings. The van der Waals surface area contributed by atoms with Gasteiger partial charge in [0, 0.05) is 5.71 Å². The number of carbonyl (C=O) groups is 1. The number of nitrogens with one attached hydrogen (secondary N) is 1. The minimum absolute atomic E-state index is 0.130. The van der Waals surface area contributed by atoms with Gasteiger partial charge >= 0.3 is 5.97 Å². The number of ether oxygens (including phenoxy) is 1. The van der Waals surface area contributed by atoms with Gasteiger partial charge in [-0.05, 0) is 12.8 Å². The van der Waals surface area contributed by atoms with Crippen LogP contribution in [-0.4, -0.2) is 18.3 Å². The van der Waals surface area contributed by atoms with Crippen LogP contribution in [0.1, 0.15) is 27.2 Å². The molecule has 0 saturated heterocycles. The van der Waals surface area contributed by atoms with Gasteiger partial charge in [0.2, 0.25) is 0 Å². The third-order valence-corrected chi connectivity index (χ3v) is 1.34. The van der Waals surface area contributed by atoms with Crippen molar-refractivity contribution in [3.63, 3.8) is 0 Å². The van der Waals surface area contributed by atoms with E-state index >= 15 is 0 Å². The van der Waals surface area contributed by atoms with Crippen molar-refractivity contribution in [2.24, 2.45) is 5.92 Å². The molecule has 0 heterocycles. The van der Waals surface area contributed by atoms with Gasteiger partial charge in [0.1, 0.15) is 0 Å². The van der Waals surface area contributed by atoms with E-state index in [9.17, 15) is 4.79 Å². The highest BCUT2D eigenvalue weighted by Gasteiger charge is 2.09. The number of esters is 1. The lowest BCUT2D eigenvalue weighted by atomic mass is 10.1. The van der Waals surface area contributed by atoms with Crippen LogP contribution < -0.4 is 0 Å². The topological polar surface area (TPSA) is 50.2 Å². The molecule has 0 aromatic carbocycles. The third-order valence-electron chi connectivity index (χ3n) is 1.34. The minimum Gasteiger partial charge on any atom is -0.466 e. The molecule has 1 N–H and O–H groups in total. The van der Waals surface area contributed by atoms with Gasteiger partial charge in [-0.2, -0.15) is 0 Å². The first-order valence-electron chi connectivity index (χ1n) is 3.80. The molecule has 0 unspecified atom stereocenters. The Morgan fingerprint density at radius 3 is 2.45 bits per heavy atom. The number of rotatable bonds is 4. The molecule has 0 fully saturated rings. The van der Waals surface area contributed by atoms with E-state index in [-0.39, 0.29) is 18.3 Å². The van der Waals surface area contributed by atoms with E-state index in [0.717, 1.165) is 0 Å². The molecular formula is C8H15NO2. The summed E-state index contributed by atoms with van der Waals surface area (Å²) in [7, 11) is 0. The summed E-state index contributed by atoms with van der Waals surface area (Å²) in [6.45, 7) is 5.93. The first-order valence-corrected chi connectivity index (χ1v) is 3.80. The van der Waals surface area contributed by atoms with Crippen LogP contribution in [0.5, 0.6) is 0 Å². The smallest absolute Gasteiger partial charge is 0.311 e. The molecule has 0 aromatic heterocycles. The summed E-state index contributed by atoms with van der Waals surface area (Å²) in [5.41, 5.74) is 0.434. The zero-order valence-electron chi connectivity index (χ0n) is 7.31. The molecule has 64 valence electrons. The molecule has 0 aromatic rings. The van der Waals surface area contributed by atoms with Crippen LogP contribution in [0, 0.1) is 11.3 Å². The number of hydrogen-bond donors (Lipinski definition) is 1. The summed E-state index contributed by atoms with van der Waals surface area (Å²) in [5.74, 6) is -0.161. The highest BCUT2D eigenvalue weighted by molar-refractivity contribution is 5.98. The Kier molecular flexibility index (Phi) is 4.50. The lowest BCUT2D eigenvalue weighted by molar-refractivity contribution is -0.141. The predicted molar refractivity (Wildman–Crippen MR) is 43.8 cm³/mol. The maximum absolute atomic E-state index is 10.8. The van der Waals surface area contributed by atoms with E-state index in [1.54, 1.807) is 6.92 Å². The second-order valence-corrected chi connectivity index (χ2v) is 2.66. The van der Waals surface area contributed by atoms with Gasteiger partial charge in [-0.3, -0.25) is 4.79 Å². The maximum atomic E-state index is 10.8. The van der Waals surface area contributed by atoms with Crippen LogP contribution >= 0.6 is 0 Å². The summed E-state index contributed by atoms with van der Waals surface area (Å²) in [4.78, 5) is 10.8. The second-order valence-electron chi connectivity index (χ2n) is 2.66. The standard InChI is InChI=1S/C8H15NO2/c1-4-11-8(10)5-7(9)6(2)3/h6,9H,4-5H2,1-3H3. The summed E-state index contributed by atoms with van der Waals surface area (Å²) in [6, 6.07) is 0. The number of hydrogen-bond acceptors (Lipinski definition) is 3. The van der Waals surface area contributed by atoms with Gasteiger partial charge in [-0.1, -0.05) is 13.8 Å². The van der Waals surface area contributed by atoms with Crippen molar-refractivity contribution in [1.29, 1.82) is 5.41 Å². The molecule has 0 spiro atoms. The fraction of sp³-hybridized carbons (Fsp3) is 0.750. The van der Waals surface area contributed by atoms with Crippen molar-refractivity contribution in [1.82, 2.24) is 0 Å². The van der Waals surface area contributed by atoms with E-state index in [4.69, 9.17) is 5.41 Å². The van der Waals surface area contributed by atoms with E-state index in [1.165, 1.54) is 0 Å². The Morgan fingerprint density at radius 2 is 2.09 bits per heavy atom. The Balaban J connectivity index is 3.67. The Morgan fingerprint density at radius 1 is 1.55 bits per heavy atom. The Hall–Kier alpha value is -0.860. The van der Waals surface area contributed by atoms with Crippen LogP contribution in [0.15, 0.2) is 0 Å². The lowest BCUT2D eigenvalue weighted by Crippen LogP contribution is -2.14. The van der Waals surface area contributed by atoms with Crippen molar-refractivity contribution < 1.29 is 9.53 Å². The van der Waals surface area contributed by atoms with Gasteiger partial charge in [-0.25, -0.2) is 0 Å². The molecule has 0 radical (unpaired) electrons. The zero-order valence-corrected chi connectivity index (χ0v) is 7.31. The summed E-state index contributed by atoms with van der Waals surface area (Å²) < 4.78 is 4.68. The molecule has 11 heavy (non-hydrogen) atoms. The van der Waals surface area contributed by atoms with Crippen molar-refractivity contribution in [2.45, 2.75) is 27.2 Å². The summed E-state index contributed by atoms with van der Waals surface area (Å²) in [5, 5.41) is 7.35. The second kappa shape index (κ2) is 4.88. The maximum Gasteiger partial charge on any atom is 0.311 e. The third kappa shape index (κ3) is 4.53. The van der Waals surface area contributed by atoms with Gasteiger partial charge < -0.3 is 10.1 Å². The quantitative estimate of drug-likeness (QED) is 0.498. The lowest BCUT2D eigenvalue weighted by Gasteiger charge is -2.05. The van der Waals surface area contributed by atoms with Crippen LogP contribution in [-0.2, 0) is 9.53 Å². The Bertz CT molecular complexity index is 152. The molecule has 0 rings (SSSR count). The predicted octanol–water partition coefficient (Wildman–Crippen LogP) is 1.62. The first-order chi connectivity index (χ1) is 5.07. The molecular weight excluding hydrogens is 142 g/mol. The molecule has 0 aliphatic heterocycles. The fourth-order valence-electron chi connectivity index (χ4n) is 0.572. The molecule has 3 heteroatoms. The van der Waals surface area contributed by atoms with E-state index in [2.05, 4.69) is 4.74 Å². The highest BCUT2D eigenvalue weighted by Crippen LogP contribution is 2.00. The molecule has 0 amide bonds. The van der Waals surface area contributed by atoms with E-state index in [1.807, 2.05) is 13.8 Å². The summed E-state index contributed by atoms with van der Waals surface area (Å²) >= 11 is 0. The minimum atomic E-state index is -0.300. The number of carbonyl (C=O) groups excluding carboxylic acids is 1. The first kappa shape index (κ1) is 10.1. The van der Waals surface area contributed by atoms with E-state index in [0.29, 0.717) is 12.3 Å². The SMILES string of the molecule is CCOC(=O)CC(=N)C(C)C. The molecule has 0 bridgehead atoms. The average Bonchev–Trinajstić information content (AvgIpc) is 1.87. The van der Waals surface area contributed by atoms with E-state index < -0.39 is 0 Å². The summed E-state index contributed by atoms with van der Waals surface area (Å²) in [6.07, 6.45) is 0.130. The average molecular weight is 157 g/mol. The molecule has 0 atom stereocenters. The monoisotopic (exact) mass is 157 g/mol. The van der Waals surface area contributed by atoms with Gasteiger partial charge in [0.05, 0.1) is 13.0 Å². The van der Waals surface area contributed by atoms with Gasteiger partial charge in [-0.15, -0.1) is 0 Å². The molecule has 0 saturated carbocycles. The van der Waals surface area contributed by atoms with Crippen molar-refractivity contribution in [2.75, 3.05) is 6.61 Å². The van der Waals surface area contributed by atoms with Gasteiger partial charge in [0.25, 0.3) is 0 Å². The highest BCUT2D eigenvalue weighted by atomic mass is 16.5. The van der Waals surface area contributed by atoms with Crippen molar-refractivity contribution in [3.8, 4) is 0 Å².